The molecule has 0 spiro atoms. The SMILES string of the molecule is COCc1c(C(=O)O)nnn1CC(=O)NC1CCCCC1. The molecule has 8 heteroatoms. The van der Waals surface area contributed by atoms with E-state index < -0.39 is 5.97 Å². The Kier molecular flexibility index (Phi) is 5.26. The average molecular weight is 296 g/mol. The summed E-state index contributed by atoms with van der Waals surface area (Å²) in [6.45, 7) is 0.000809. The molecular formula is C13H20N4O4. The Labute approximate surface area is 122 Å². The van der Waals surface area contributed by atoms with E-state index >= 15 is 0 Å². The minimum atomic E-state index is -1.18. The molecule has 1 amide bonds. The van der Waals surface area contributed by atoms with Gasteiger partial charge in [-0.2, -0.15) is 0 Å². The van der Waals surface area contributed by atoms with Crippen molar-refractivity contribution in [3.8, 4) is 0 Å². The summed E-state index contributed by atoms with van der Waals surface area (Å²) < 4.78 is 6.24. The topological polar surface area (TPSA) is 106 Å². The van der Waals surface area contributed by atoms with E-state index in [1.807, 2.05) is 0 Å². The number of carboxylic acid groups (broad SMARTS) is 1. The monoisotopic (exact) mass is 296 g/mol. The van der Waals surface area contributed by atoms with Crippen molar-refractivity contribution in [2.75, 3.05) is 7.11 Å². The van der Waals surface area contributed by atoms with Crippen molar-refractivity contribution < 1.29 is 19.4 Å². The Morgan fingerprint density at radius 2 is 2.10 bits per heavy atom. The standard InChI is InChI=1S/C13H20N4O4/c1-21-8-10-12(13(19)20)15-16-17(10)7-11(18)14-9-5-3-2-4-6-9/h9H,2-8H2,1H3,(H,14,18)(H,19,20). The number of nitrogens with zero attached hydrogens (tertiary/aromatic N) is 3. The van der Waals surface area contributed by atoms with E-state index in [9.17, 15) is 9.59 Å². The Morgan fingerprint density at radius 3 is 2.71 bits per heavy atom. The van der Waals surface area contributed by atoms with Crippen LogP contribution in [0.15, 0.2) is 0 Å². The van der Waals surface area contributed by atoms with Crippen LogP contribution >= 0.6 is 0 Å². The summed E-state index contributed by atoms with van der Waals surface area (Å²) in [4.78, 5) is 23.1. The van der Waals surface area contributed by atoms with Crippen molar-refractivity contribution in [1.29, 1.82) is 0 Å². The molecule has 8 nitrogen and oxygen atoms in total. The third-order valence-electron chi connectivity index (χ3n) is 3.58. The number of carboxylic acids is 1. The number of hydrogen-bond donors (Lipinski definition) is 2. The molecule has 0 aromatic carbocycles. The second-order valence-electron chi connectivity index (χ2n) is 5.18. The van der Waals surface area contributed by atoms with Gasteiger partial charge in [0.25, 0.3) is 0 Å². The number of nitrogens with one attached hydrogen (secondary N) is 1. The fourth-order valence-corrected chi connectivity index (χ4v) is 2.56. The van der Waals surface area contributed by atoms with Crippen molar-refractivity contribution >= 4 is 11.9 Å². The Balaban J connectivity index is 2.00. The van der Waals surface area contributed by atoms with Crippen molar-refractivity contribution in [2.45, 2.75) is 51.3 Å². The molecule has 1 aromatic rings. The highest BCUT2D eigenvalue weighted by Gasteiger charge is 2.21. The van der Waals surface area contributed by atoms with E-state index in [2.05, 4.69) is 15.6 Å². The van der Waals surface area contributed by atoms with Gasteiger partial charge < -0.3 is 15.2 Å². The molecule has 2 rings (SSSR count). The maximum absolute atomic E-state index is 12.0. The highest BCUT2D eigenvalue weighted by molar-refractivity contribution is 5.86. The van der Waals surface area contributed by atoms with Crippen LogP contribution in [-0.2, 0) is 22.7 Å². The van der Waals surface area contributed by atoms with Gasteiger partial charge in [0.15, 0.2) is 5.69 Å². The van der Waals surface area contributed by atoms with Crippen molar-refractivity contribution in [3.63, 3.8) is 0 Å². The summed E-state index contributed by atoms with van der Waals surface area (Å²) >= 11 is 0. The molecule has 1 aliphatic rings. The molecule has 1 aromatic heterocycles. The minimum Gasteiger partial charge on any atom is -0.476 e. The van der Waals surface area contributed by atoms with Crippen LogP contribution in [0.5, 0.6) is 0 Å². The molecule has 0 radical (unpaired) electrons. The molecule has 1 fully saturated rings. The first-order chi connectivity index (χ1) is 10.1. The summed E-state index contributed by atoms with van der Waals surface area (Å²) in [6.07, 6.45) is 5.47. The highest BCUT2D eigenvalue weighted by atomic mass is 16.5. The summed E-state index contributed by atoms with van der Waals surface area (Å²) in [5, 5.41) is 19.3. The molecule has 1 heterocycles. The Bertz CT molecular complexity index is 508. The van der Waals surface area contributed by atoms with Gasteiger partial charge in [-0.05, 0) is 12.8 Å². The van der Waals surface area contributed by atoms with Gasteiger partial charge in [-0.15, -0.1) is 5.10 Å². The molecule has 0 bridgehead atoms. The molecule has 21 heavy (non-hydrogen) atoms. The maximum Gasteiger partial charge on any atom is 0.358 e. The first-order valence-corrected chi connectivity index (χ1v) is 7.05. The highest BCUT2D eigenvalue weighted by Crippen LogP contribution is 2.17. The van der Waals surface area contributed by atoms with Gasteiger partial charge in [0.2, 0.25) is 5.91 Å². The number of carbonyl (C=O) groups excluding carboxylic acids is 1. The molecule has 1 aliphatic carbocycles. The lowest BCUT2D eigenvalue weighted by atomic mass is 9.95. The number of rotatable bonds is 6. The van der Waals surface area contributed by atoms with Crippen LogP contribution in [-0.4, -0.2) is 45.1 Å². The van der Waals surface area contributed by atoms with Gasteiger partial charge in [-0.25, -0.2) is 9.48 Å². The Hall–Kier alpha value is -1.96. The van der Waals surface area contributed by atoms with E-state index in [1.54, 1.807) is 0 Å². The average Bonchev–Trinajstić information content (AvgIpc) is 2.83. The van der Waals surface area contributed by atoms with Crippen molar-refractivity contribution in [1.82, 2.24) is 20.3 Å². The van der Waals surface area contributed by atoms with E-state index in [1.165, 1.54) is 18.2 Å². The van der Waals surface area contributed by atoms with Gasteiger partial charge in [0, 0.05) is 13.2 Å². The summed E-state index contributed by atoms with van der Waals surface area (Å²) in [6, 6.07) is 0.208. The van der Waals surface area contributed by atoms with E-state index in [4.69, 9.17) is 9.84 Å². The fourth-order valence-electron chi connectivity index (χ4n) is 2.56. The van der Waals surface area contributed by atoms with E-state index in [-0.39, 0.29) is 30.8 Å². The van der Waals surface area contributed by atoms with Gasteiger partial charge >= 0.3 is 5.97 Å². The van der Waals surface area contributed by atoms with Crippen LogP contribution in [0.4, 0.5) is 0 Å². The van der Waals surface area contributed by atoms with Gasteiger partial charge in [0.1, 0.15) is 6.54 Å². The lowest BCUT2D eigenvalue weighted by molar-refractivity contribution is -0.122. The Morgan fingerprint density at radius 1 is 1.38 bits per heavy atom. The van der Waals surface area contributed by atoms with Crippen LogP contribution in [0.2, 0.25) is 0 Å². The number of aromatic nitrogens is 3. The summed E-state index contributed by atoms with van der Waals surface area (Å²) in [7, 11) is 1.45. The van der Waals surface area contributed by atoms with Crippen LogP contribution in [0, 0.1) is 0 Å². The zero-order chi connectivity index (χ0) is 15.2. The quantitative estimate of drug-likeness (QED) is 0.795. The number of carbonyl (C=O) groups is 2. The molecule has 0 aliphatic heterocycles. The molecule has 1 saturated carbocycles. The van der Waals surface area contributed by atoms with Crippen molar-refractivity contribution in [3.05, 3.63) is 11.4 Å². The zero-order valence-corrected chi connectivity index (χ0v) is 12.0. The van der Waals surface area contributed by atoms with Gasteiger partial charge in [-0.1, -0.05) is 24.5 Å². The molecule has 0 unspecified atom stereocenters. The first-order valence-electron chi connectivity index (χ1n) is 7.05. The van der Waals surface area contributed by atoms with E-state index in [0.717, 1.165) is 25.7 Å². The number of methoxy groups -OCH3 is 1. The van der Waals surface area contributed by atoms with E-state index in [0.29, 0.717) is 5.69 Å². The second kappa shape index (κ2) is 7.16. The number of amides is 1. The number of ether oxygens (including phenoxy) is 1. The minimum absolute atomic E-state index is 0.0462. The third-order valence-corrected chi connectivity index (χ3v) is 3.58. The third kappa shape index (κ3) is 4.01. The van der Waals surface area contributed by atoms with Crippen LogP contribution in [0.25, 0.3) is 0 Å². The van der Waals surface area contributed by atoms with Crippen LogP contribution < -0.4 is 5.32 Å². The smallest absolute Gasteiger partial charge is 0.358 e. The molecule has 0 atom stereocenters. The lowest BCUT2D eigenvalue weighted by Crippen LogP contribution is -2.38. The maximum atomic E-state index is 12.0. The number of aromatic carboxylic acids is 1. The lowest BCUT2D eigenvalue weighted by Gasteiger charge is -2.22. The molecule has 116 valence electrons. The van der Waals surface area contributed by atoms with Gasteiger partial charge in [-0.3, -0.25) is 4.79 Å². The largest absolute Gasteiger partial charge is 0.476 e. The van der Waals surface area contributed by atoms with Crippen molar-refractivity contribution in [2.24, 2.45) is 0 Å². The fraction of sp³-hybridized carbons (Fsp3) is 0.692. The normalized spacial score (nSPS) is 15.9. The van der Waals surface area contributed by atoms with Gasteiger partial charge in [0.05, 0.1) is 12.3 Å². The zero-order valence-electron chi connectivity index (χ0n) is 12.0. The second-order valence-corrected chi connectivity index (χ2v) is 5.18. The summed E-state index contributed by atoms with van der Waals surface area (Å²) in [5.74, 6) is -1.36. The first kappa shape index (κ1) is 15.4. The molecular weight excluding hydrogens is 276 g/mol. The number of hydrogen-bond acceptors (Lipinski definition) is 5. The van der Waals surface area contributed by atoms with Crippen LogP contribution in [0.1, 0.15) is 48.3 Å². The molecule has 0 saturated heterocycles. The van der Waals surface area contributed by atoms with Crippen LogP contribution in [0.3, 0.4) is 0 Å². The molecule has 2 N–H and O–H groups in total. The predicted octanol–water partition coefficient (Wildman–Crippen LogP) is 0.572. The summed E-state index contributed by atoms with van der Waals surface area (Å²) in [5.41, 5.74) is 0.117. The predicted molar refractivity (Wildman–Crippen MR) is 72.7 cm³/mol.